The maximum Gasteiger partial charge on any atom is 0.407 e. The average molecular weight is 410 g/mol. The van der Waals surface area contributed by atoms with E-state index in [1.54, 1.807) is 0 Å². The van der Waals surface area contributed by atoms with Gasteiger partial charge in [-0.25, -0.2) is 4.79 Å². The monoisotopic (exact) mass is 409 g/mol. The number of rotatable bonds is 6. The van der Waals surface area contributed by atoms with Crippen molar-refractivity contribution in [3.8, 4) is 0 Å². The predicted molar refractivity (Wildman–Crippen MR) is 116 cm³/mol. The van der Waals surface area contributed by atoms with E-state index in [0.717, 1.165) is 63.9 Å². The summed E-state index contributed by atoms with van der Waals surface area (Å²) in [5.74, 6) is 0. The van der Waals surface area contributed by atoms with Crippen LogP contribution in [-0.2, 0) is 33.5 Å². The Morgan fingerprint density at radius 1 is 1.13 bits per heavy atom. The molecule has 0 saturated carbocycles. The minimum absolute atomic E-state index is 0.193. The Bertz CT molecular complexity index is 860. The molecule has 30 heavy (non-hydrogen) atoms. The zero-order chi connectivity index (χ0) is 20.8. The number of nitrogens with one attached hydrogen (secondary N) is 1. The summed E-state index contributed by atoms with van der Waals surface area (Å²) < 4.78 is 16.4. The number of carbonyl (C=O) groups is 1. The normalized spacial score (nSPS) is 20.6. The van der Waals surface area contributed by atoms with E-state index in [-0.39, 0.29) is 12.1 Å². The molecule has 1 fully saturated rings. The summed E-state index contributed by atoms with van der Waals surface area (Å²) in [5, 5.41) is 3.06. The second-order valence-corrected chi connectivity index (χ2v) is 8.07. The number of ether oxygens (including phenoxy) is 3. The Morgan fingerprint density at radius 2 is 2.00 bits per heavy atom. The Morgan fingerprint density at radius 3 is 2.83 bits per heavy atom. The third-order valence-electron chi connectivity index (χ3n) is 6.14. The van der Waals surface area contributed by atoms with Gasteiger partial charge in [0.25, 0.3) is 0 Å². The molecule has 1 amide bonds. The second kappa shape index (κ2) is 10.1. The van der Waals surface area contributed by atoms with Crippen LogP contribution in [0.2, 0.25) is 0 Å². The molecule has 0 bridgehead atoms. The van der Waals surface area contributed by atoms with Crippen LogP contribution >= 0.6 is 0 Å². The van der Waals surface area contributed by atoms with Gasteiger partial charge < -0.3 is 19.5 Å². The number of fused-ring (bicyclic) bond motifs is 2. The van der Waals surface area contributed by atoms with E-state index in [1.807, 2.05) is 6.07 Å². The molecule has 1 aliphatic carbocycles. The molecular weight excluding hydrogens is 378 g/mol. The molecule has 5 nitrogen and oxygen atoms in total. The summed E-state index contributed by atoms with van der Waals surface area (Å²) >= 11 is 0. The zero-order valence-corrected chi connectivity index (χ0v) is 17.7. The second-order valence-electron chi connectivity index (χ2n) is 8.07. The average Bonchev–Trinajstić information content (AvgIpc) is 2.95. The number of hydrogen-bond acceptors (Lipinski definition) is 4. The fraction of sp³-hybridized carbons (Fsp3) is 0.480. The first kappa shape index (κ1) is 20.9. The minimum atomic E-state index is -0.406. The Balaban J connectivity index is 1.51. The predicted octanol–water partition coefficient (Wildman–Crippen LogP) is 4.36. The van der Waals surface area contributed by atoms with Crippen molar-refractivity contribution < 1.29 is 19.0 Å². The van der Waals surface area contributed by atoms with Crippen molar-refractivity contribution in [3.63, 3.8) is 0 Å². The van der Waals surface area contributed by atoms with Gasteiger partial charge in [-0.3, -0.25) is 0 Å². The quantitative estimate of drug-likeness (QED) is 0.721. The molecule has 0 radical (unpaired) electrons. The maximum atomic E-state index is 12.1. The van der Waals surface area contributed by atoms with E-state index < -0.39 is 6.09 Å². The van der Waals surface area contributed by atoms with E-state index in [0.29, 0.717) is 0 Å². The molecule has 0 aromatic heterocycles. The van der Waals surface area contributed by atoms with Crippen LogP contribution in [0.4, 0.5) is 4.79 Å². The van der Waals surface area contributed by atoms with Crippen LogP contribution in [0.1, 0.15) is 53.1 Å². The highest BCUT2D eigenvalue weighted by molar-refractivity contribution is 5.69. The lowest BCUT2D eigenvalue weighted by Gasteiger charge is -2.23. The van der Waals surface area contributed by atoms with Gasteiger partial charge in [-0.05, 0) is 66.3 Å². The number of benzene rings is 2. The largest absolute Gasteiger partial charge is 0.453 e. The van der Waals surface area contributed by atoms with Crippen molar-refractivity contribution in [1.82, 2.24) is 5.32 Å². The van der Waals surface area contributed by atoms with Gasteiger partial charge in [-0.15, -0.1) is 0 Å². The van der Waals surface area contributed by atoms with E-state index in [1.165, 1.54) is 29.4 Å². The fourth-order valence-corrected chi connectivity index (χ4v) is 4.62. The zero-order valence-electron chi connectivity index (χ0n) is 17.7. The fourth-order valence-electron chi connectivity index (χ4n) is 4.62. The third-order valence-corrected chi connectivity index (χ3v) is 6.14. The smallest absolute Gasteiger partial charge is 0.407 e. The molecule has 2 unspecified atom stereocenters. The van der Waals surface area contributed by atoms with Crippen molar-refractivity contribution in [2.24, 2.45) is 0 Å². The molecule has 1 N–H and O–H groups in total. The highest BCUT2D eigenvalue weighted by atomic mass is 16.5. The lowest BCUT2D eigenvalue weighted by atomic mass is 9.91. The molecule has 5 heteroatoms. The van der Waals surface area contributed by atoms with E-state index >= 15 is 0 Å². The Labute approximate surface area is 178 Å². The molecule has 1 heterocycles. The van der Waals surface area contributed by atoms with Gasteiger partial charge in [0.15, 0.2) is 0 Å². The van der Waals surface area contributed by atoms with Gasteiger partial charge in [0.1, 0.15) is 0 Å². The minimum Gasteiger partial charge on any atom is -0.453 e. The van der Waals surface area contributed by atoms with Crippen LogP contribution in [-0.4, -0.2) is 39.1 Å². The highest BCUT2D eigenvalue weighted by Crippen LogP contribution is 2.34. The number of hydrogen-bond donors (Lipinski definition) is 1. The summed E-state index contributed by atoms with van der Waals surface area (Å²) in [6.07, 6.45) is 5.92. The summed E-state index contributed by atoms with van der Waals surface area (Å²) in [4.78, 5) is 12.1. The first-order valence-corrected chi connectivity index (χ1v) is 11.0. The third kappa shape index (κ3) is 4.85. The van der Waals surface area contributed by atoms with Gasteiger partial charge in [0.05, 0.1) is 25.9 Å². The van der Waals surface area contributed by atoms with Gasteiger partial charge in [-0.1, -0.05) is 42.5 Å². The SMILES string of the molecule is COC(=O)NC1c2ccccc2CCc2c(CCCOC3CCCOC3)cccc21. The Kier molecular flexibility index (Phi) is 7.03. The van der Waals surface area contributed by atoms with Crippen molar-refractivity contribution in [2.45, 2.75) is 50.7 Å². The summed E-state index contributed by atoms with van der Waals surface area (Å²) in [6.45, 7) is 2.33. The van der Waals surface area contributed by atoms with Gasteiger partial charge >= 0.3 is 6.09 Å². The molecule has 160 valence electrons. The first-order chi connectivity index (χ1) is 14.8. The Hall–Kier alpha value is -2.37. The van der Waals surface area contributed by atoms with Gasteiger partial charge in [-0.2, -0.15) is 0 Å². The van der Waals surface area contributed by atoms with Crippen LogP contribution in [0.5, 0.6) is 0 Å². The van der Waals surface area contributed by atoms with E-state index in [4.69, 9.17) is 14.2 Å². The molecule has 1 aliphatic heterocycles. The summed E-state index contributed by atoms with van der Waals surface area (Å²) in [6, 6.07) is 14.6. The molecule has 2 atom stereocenters. The lowest BCUT2D eigenvalue weighted by molar-refractivity contribution is -0.0503. The van der Waals surface area contributed by atoms with E-state index in [9.17, 15) is 4.79 Å². The van der Waals surface area contributed by atoms with Crippen LogP contribution in [0.25, 0.3) is 0 Å². The van der Waals surface area contributed by atoms with Gasteiger partial charge in [0.2, 0.25) is 0 Å². The van der Waals surface area contributed by atoms with Gasteiger partial charge in [0, 0.05) is 13.2 Å². The summed E-state index contributed by atoms with van der Waals surface area (Å²) in [7, 11) is 1.41. The van der Waals surface area contributed by atoms with Crippen LogP contribution < -0.4 is 5.32 Å². The number of methoxy groups -OCH3 is 1. The molecule has 0 spiro atoms. The van der Waals surface area contributed by atoms with Crippen LogP contribution in [0, 0.1) is 0 Å². The topological polar surface area (TPSA) is 56.8 Å². The number of carbonyl (C=O) groups excluding carboxylic acids is 1. The molecule has 2 aromatic carbocycles. The van der Waals surface area contributed by atoms with Crippen LogP contribution in [0.3, 0.4) is 0 Å². The van der Waals surface area contributed by atoms with Crippen molar-refractivity contribution in [2.75, 3.05) is 26.9 Å². The number of aryl methyl sites for hydroxylation is 2. The molecule has 2 aromatic rings. The standard InChI is InChI=1S/C25H31NO4/c1-28-25(27)26-24-22-11-3-2-7-19(22)13-14-21-18(8-4-12-23(21)24)9-5-16-30-20-10-6-15-29-17-20/h2-4,7-8,11-12,20,24H,5-6,9-10,13-17H2,1H3,(H,26,27). The molecule has 1 saturated heterocycles. The molecule has 2 aliphatic rings. The lowest BCUT2D eigenvalue weighted by Crippen LogP contribution is -2.30. The number of amides is 1. The van der Waals surface area contributed by atoms with E-state index in [2.05, 4.69) is 41.7 Å². The maximum absolute atomic E-state index is 12.1. The summed E-state index contributed by atoms with van der Waals surface area (Å²) in [5.41, 5.74) is 6.29. The number of alkyl carbamates (subject to hydrolysis) is 1. The molecular formula is C25H31NO4. The molecule has 4 rings (SSSR count). The van der Waals surface area contributed by atoms with Crippen molar-refractivity contribution >= 4 is 6.09 Å². The van der Waals surface area contributed by atoms with Crippen molar-refractivity contribution in [1.29, 1.82) is 0 Å². The first-order valence-electron chi connectivity index (χ1n) is 11.0. The van der Waals surface area contributed by atoms with Crippen LogP contribution in [0.15, 0.2) is 42.5 Å². The highest BCUT2D eigenvalue weighted by Gasteiger charge is 2.26. The van der Waals surface area contributed by atoms with Crippen molar-refractivity contribution in [3.05, 3.63) is 70.3 Å².